The summed E-state index contributed by atoms with van der Waals surface area (Å²) in [6.07, 6.45) is 5.51. The van der Waals surface area contributed by atoms with Gasteiger partial charge in [-0.2, -0.15) is 0 Å². The molecule has 0 unspecified atom stereocenters. The zero-order valence-corrected chi connectivity index (χ0v) is 13.8. The van der Waals surface area contributed by atoms with Crippen LogP contribution in [0.3, 0.4) is 0 Å². The van der Waals surface area contributed by atoms with Crippen LogP contribution in [0.4, 0.5) is 0 Å². The van der Waals surface area contributed by atoms with E-state index in [1.165, 1.54) is 0 Å². The molecule has 1 aromatic heterocycles. The van der Waals surface area contributed by atoms with Crippen molar-refractivity contribution in [3.63, 3.8) is 0 Å². The first kappa shape index (κ1) is 16.3. The summed E-state index contributed by atoms with van der Waals surface area (Å²) in [5.41, 5.74) is 0.379. The molecule has 0 atom stereocenters. The van der Waals surface area contributed by atoms with Gasteiger partial charge in [-0.1, -0.05) is 33.8 Å². The predicted molar refractivity (Wildman–Crippen MR) is 85.9 cm³/mol. The van der Waals surface area contributed by atoms with Gasteiger partial charge in [-0.3, -0.25) is 4.79 Å². The highest BCUT2D eigenvalue weighted by Crippen LogP contribution is 2.46. The summed E-state index contributed by atoms with van der Waals surface area (Å²) in [5.74, 6) is 0. The van der Waals surface area contributed by atoms with E-state index in [1.54, 1.807) is 17.7 Å². The van der Waals surface area contributed by atoms with Gasteiger partial charge in [0.05, 0.1) is 11.2 Å². The van der Waals surface area contributed by atoms with Crippen molar-refractivity contribution in [2.24, 2.45) is 7.05 Å². The molecule has 0 saturated carbocycles. The molecule has 1 aliphatic heterocycles. The number of hydrogen-bond acceptors (Lipinski definition) is 3. The summed E-state index contributed by atoms with van der Waals surface area (Å²) in [4.78, 5) is 11.5. The number of aryl methyl sites for hydroxylation is 1. The Morgan fingerprint density at radius 2 is 1.48 bits per heavy atom. The molecular weight excluding hydrogens is 265 g/mol. The highest BCUT2D eigenvalue weighted by Gasteiger charge is 2.58. The third kappa shape index (κ3) is 2.47. The quantitative estimate of drug-likeness (QED) is 0.781. The van der Waals surface area contributed by atoms with Crippen molar-refractivity contribution in [3.05, 3.63) is 28.7 Å². The molecule has 1 aliphatic rings. The number of pyridine rings is 1. The fraction of sp³-hybridized carbons (Fsp3) is 0.688. The molecule has 0 bridgehead atoms. The second-order valence-corrected chi connectivity index (χ2v) is 5.88. The summed E-state index contributed by atoms with van der Waals surface area (Å²) in [6.45, 7) is 8.65. The van der Waals surface area contributed by atoms with Gasteiger partial charge in [0.1, 0.15) is 0 Å². The van der Waals surface area contributed by atoms with Gasteiger partial charge in [0.25, 0.3) is 0 Å². The van der Waals surface area contributed by atoms with Gasteiger partial charge < -0.3 is 13.9 Å². The van der Waals surface area contributed by atoms with Crippen LogP contribution in [0.25, 0.3) is 0 Å². The van der Waals surface area contributed by atoms with Gasteiger partial charge in [-0.05, 0) is 31.1 Å². The maximum atomic E-state index is 11.5. The van der Waals surface area contributed by atoms with Crippen molar-refractivity contribution in [2.45, 2.75) is 64.6 Å². The minimum atomic E-state index is -0.392. The number of rotatable bonds is 5. The first-order valence-electron chi connectivity index (χ1n) is 7.99. The molecule has 0 aliphatic carbocycles. The van der Waals surface area contributed by atoms with Crippen LogP contribution in [0.15, 0.2) is 23.1 Å². The van der Waals surface area contributed by atoms with Crippen LogP contribution in [0.5, 0.6) is 0 Å². The Bertz CT molecular complexity index is 527. The van der Waals surface area contributed by atoms with E-state index in [9.17, 15) is 4.79 Å². The summed E-state index contributed by atoms with van der Waals surface area (Å²) < 4.78 is 14.3. The second kappa shape index (κ2) is 5.97. The Morgan fingerprint density at radius 1 is 1.00 bits per heavy atom. The van der Waals surface area contributed by atoms with E-state index >= 15 is 0 Å². The normalized spacial score (nSPS) is 20.0. The Labute approximate surface area is 127 Å². The molecule has 0 N–H and O–H groups in total. The maximum absolute atomic E-state index is 11.5. The zero-order valence-electron chi connectivity index (χ0n) is 13.8. The first-order valence-corrected chi connectivity index (χ1v) is 7.99. The summed E-state index contributed by atoms with van der Waals surface area (Å²) >= 11 is 0. The molecule has 0 spiro atoms. The lowest BCUT2D eigenvalue weighted by molar-refractivity contribution is -0.0601. The van der Waals surface area contributed by atoms with Crippen LogP contribution in [0, 0.1) is 0 Å². The molecule has 21 heavy (non-hydrogen) atoms. The lowest BCUT2D eigenvalue weighted by Gasteiger charge is -2.42. The lowest BCUT2D eigenvalue weighted by Crippen LogP contribution is -2.50. The van der Waals surface area contributed by atoms with Gasteiger partial charge in [0, 0.05) is 19.3 Å². The van der Waals surface area contributed by atoms with Gasteiger partial charge in [0.2, 0.25) is 5.56 Å². The Hall–Kier alpha value is -1.07. The molecule has 0 amide bonds. The van der Waals surface area contributed by atoms with Crippen LogP contribution in [-0.4, -0.2) is 22.9 Å². The second-order valence-electron chi connectivity index (χ2n) is 5.88. The molecule has 5 heteroatoms. The van der Waals surface area contributed by atoms with Crippen LogP contribution in [0.1, 0.15) is 53.4 Å². The molecule has 116 valence electrons. The number of aromatic nitrogens is 1. The third-order valence-electron chi connectivity index (χ3n) is 5.16. The van der Waals surface area contributed by atoms with Gasteiger partial charge >= 0.3 is 7.12 Å². The van der Waals surface area contributed by atoms with E-state index in [0.717, 1.165) is 31.1 Å². The van der Waals surface area contributed by atoms with Gasteiger partial charge in [0.15, 0.2) is 0 Å². The highest BCUT2D eigenvalue weighted by molar-refractivity contribution is 6.62. The molecular formula is C16H26BNO3. The number of nitrogens with zero attached hydrogens (tertiary/aromatic N) is 1. The van der Waals surface area contributed by atoms with Crippen molar-refractivity contribution >= 4 is 12.6 Å². The van der Waals surface area contributed by atoms with Crippen LogP contribution in [0.2, 0.25) is 0 Å². The smallest absolute Gasteiger partial charge is 0.399 e. The van der Waals surface area contributed by atoms with E-state index in [4.69, 9.17) is 9.31 Å². The molecule has 4 nitrogen and oxygen atoms in total. The Balaban J connectivity index is 2.41. The fourth-order valence-corrected chi connectivity index (χ4v) is 3.66. The average molecular weight is 291 g/mol. The lowest BCUT2D eigenvalue weighted by atomic mass is 9.75. The van der Waals surface area contributed by atoms with Crippen molar-refractivity contribution < 1.29 is 9.31 Å². The Kier molecular flexibility index (Phi) is 4.64. The van der Waals surface area contributed by atoms with Crippen molar-refractivity contribution in [1.29, 1.82) is 0 Å². The fourth-order valence-electron chi connectivity index (χ4n) is 3.66. The van der Waals surface area contributed by atoms with E-state index in [1.807, 2.05) is 12.3 Å². The van der Waals surface area contributed by atoms with Crippen LogP contribution < -0.4 is 11.0 Å². The molecule has 0 aromatic carbocycles. The summed E-state index contributed by atoms with van der Waals surface area (Å²) in [6, 6.07) is 3.38. The molecule has 1 saturated heterocycles. The minimum Gasteiger partial charge on any atom is -0.399 e. The van der Waals surface area contributed by atoms with E-state index in [2.05, 4.69) is 27.7 Å². The molecule has 2 heterocycles. The van der Waals surface area contributed by atoms with Crippen molar-refractivity contribution in [1.82, 2.24) is 4.57 Å². The third-order valence-corrected chi connectivity index (χ3v) is 5.16. The minimum absolute atomic E-state index is 0.0220. The maximum Gasteiger partial charge on any atom is 0.496 e. The monoisotopic (exact) mass is 291 g/mol. The largest absolute Gasteiger partial charge is 0.496 e. The van der Waals surface area contributed by atoms with E-state index in [-0.39, 0.29) is 16.8 Å². The average Bonchev–Trinajstić information content (AvgIpc) is 2.85. The summed E-state index contributed by atoms with van der Waals surface area (Å²) in [7, 11) is 1.36. The van der Waals surface area contributed by atoms with Crippen molar-refractivity contribution in [3.8, 4) is 0 Å². The van der Waals surface area contributed by atoms with Gasteiger partial charge in [-0.15, -0.1) is 0 Å². The van der Waals surface area contributed by atoms with Crippen LogP contribution in [-0.2, 0) is 16.4 Å². The topological polar surface area (TPSA) is 40.5 Å². The van der Waals surface area contributed by atoms with Crippen molar-refractivity contribution in [2.75, 3.05) is 0 Å². The van der Waals surface area contributed by atoms with E-state index < -0.39 is 7.12 Å². The highest BCUT2D eigenvalue weighted by atomic mass is 16.7. The molecule has 1 fully saturated rings. The predicted octanol–water partition coefficient (Wildman–Crippen LogP) is 2.24. The van der Waals surface area contributed by atoms with Gasteiger partial charge in [-0.25, -0.2) is 0 Å². The molecule has 2 rings (SSSR count). The summed E-state index contributed by atoms with van der Waals surface area (Å²) in [5, 5.41) is 0. The molecule has 1 aromatic rings. The van der Waals surface area contributed by atoms with E-state index in [0.29, 0.717) is 0 Å². The number of hydrogen-bond donors (Lipinski definition) is 0. The molecule has 0 radical (unpaired) electrons. The van der Waals surface area contributed by atoms with Crippen LogP contribution >= 0.6 is 0 Å². The Morgan fingerprint density at radius 3 is 1.86 bits per heavy atom. The standard InChI is InChI=1S/C16H26BNO3/c1-6-15(7-2)16(8-3,9-4)21-17(20-15)13-10-11-14(19)18(5)12-13/h10-12H,6-9H2,1-5H3. The first-order chi connectivity index (χ1) is 9.97. The SMILES string of the molecule is CCC1(CC)OB(c2ccc(=O)n(C)c2)OC1(CC)CC. The zero-order chi connectivity index (χ0) is 15.7.